The van der Waals surface area contributed by atoms with Crippen LogP contribution in [-0.2, 0) is 4.74 Å². The third kappa shape index (κ3) is 3.28. The minimum atomic E-state index is -0.315. The minimum Gasteiger partial charge on any atom is -0.457 e. The molecular formula is C21H18Cl2N2O3. The lowest BCUT2D eigenvalue weighted by atomic mass is 10.1. The third-order valence-corrected chi connectivity index (χ3v) is 5.97. The predicted octanol–water partition coefficient (Wildman–Crippen LogP) is 5.20. The number of carbonyl (C=O) groups is 1. The second-order valence-electron chi connectivity index (χ2n) is 7.34. The van der Waals surface area contributed by atoms with Crippen molar-refractivity contribution in [3.8, 4) is 11.5 Å². The number of oxazole rings is 1. The number of ether oxygens (including phenoxy) is 1. The lowest BCUT2D eigenvalue weighted by Gasteiger charge is -2.20. The third-order valence-electron chi connectivity index (χ3n) is 5.54. The molecule has 2 fully saturated rings. The fourth-order valence-electron chi connectivity index (χ4n) is 4.23. The molecule has 5 rings (SSSR count). The largest absolute Gasteiger partial charge is 0.457 e. The molecule has 0 saturated carbocycles. The molecule has 144 valence electrons. The lowest BCUT2D eigenvalue weighted by Crippen LogP contribution is -2.32. The molecule has 0 N–H and O–H groups in total. The molecule has 2 aliphatic rings. The molecule has 0 radical (unpaired) electrons. The maximum absolute atomic E-state index is 12.7. The van der Waals surface area contributed by atoms with E-state index >= 15 is 0 Å². The molecule has 5 nitrogen and oxygen atoms in total. The number of hydrogen-bond donors (Lipinski definition) is 0. The highest BCUT2D eigenvalue weighted by Crippen LogP contribution is 2.32. The van der Waals surface area contributed by atoms with Crippen LogP contribution in [0.15, 0.2) is 40.8 Å². The van der Waals surface area contributed by atoms with Crippen LogP contribution in [0.3, 0.4) is 0 Å². The zero-order valence-electron chi connectivity index (χ0n) is 15.0. The van der Waals surface area contributed by atoms with Gasteiger partial charge in [0.15, 0.2) is 5.58 Å². The van der Waals surface area contributed by atoms with Crippen LogP contribution in [0.25, 0.3) is 22.6 Å². The Bertz CT molecular complexity index is 1040. The molecule has 3 heterocycles. The summed E-state index contributed by atoms with van der Waals surface area (Å²) in [6.45, 7) is 2.12. The maximum Gasteiger partial charge on any atom is 0.338 e. The van der Waals surface area contributed by atoms with Crippen LogP contribution in [0, 0.1) is 0 Å². The van der Waals surface area contributed by atoms with E-state index in [1.807, 2.05) is 0 Å². The lowest BCUT2D eigenvalue weighted by molar-refractivity contribution is 0.0237. The normalized spacial score (nSPS) is 21.9. The Morgan fingerprint density at radius 1 is 1.11 bits per heavy atom. The molecule has 2 atom stereocenters. The van der Waals surface area contributed by atoms with E-state index in [0.717, 1.165) is 25.9 Å². The first kappa shape index (κ1) is 18.0. The zero-order valence-corrected chi connectivity index (χ0v) is 16.5. The quantitative estimate of drug-likeness (QED) is 0.549. The Morgan fingerprint density at radius 3 is 2.75 bits per heavy atom. The van der Waals surface area contributed by atoms with Gasteiger partial charge in [-0.1, -0.05) is 23.2 Å². The Morgan fingerprint density at radius 2 is 1.93 bits per heavy atom. The number of fused-ring (bicyclic) bond motifs is 2. The van der Waals surface area contributed by atoms with Crippen molar-refractivity contribution in [2.75, 3.05) is 13.1 Å². The maximum atomic E-state index is 12.7. The van der Waals surface area contributed by atoms with E-state index in [4.69, 9.17) is 32.4 Å². The Labute approximate surface area is 172 Å². The van der Waals surface area contributed by atoms with E-state index < -0.39 is 0 Å². The van der Waals surface area contributed by atoms with Gasteiger partial charge in [-0.15, -0.1) is 0 Å². The van der Waals surface area contributed by atoms with E-state index in [1.54, 1.807) is 36.4 Å². The van der Waals surface area contributed by atoms with Gasteiger partial charge in [0.05, 0.1) is 5.56 Å². The summed E-state index contributed by atoms with van der Waals surface area (Å²) in [6.07, 6.45) is 3.16. The Kier molecular flexibility index (Phi) is 4.54. The molecule has 0 spiro atoms. The number of halogens is 2. The van der Waals surface area contributed by atoms with Gasteiger partial charge in [-0.25, -0.2) is 9.78 Å². The van der Waals surface area contributed by atoms with E-state index in [2.05, 4.69) is 9.88 Å². The van der Waals surface area contributed by atoms with Crippen molar-refractivity contribution in [1.29, 1.82) is 0 Å². The van der Waals surface area contributed by atoms with Crippen LogP contribution >= 0.6 is 23.2 Å². The van der Waals surface area contributed by atoms with Gasteiger partial charge in [0, 0.05) is 28.2 Å². The molecule has 3 aromatic rings. The number of nitrogens with zero attached hydrogens (tertiary/aromatic N) is 2. The molecule has 1 aromatic heterocycles. The highest BCUT2D eigenvalue weighted by atomic mass is 35.5. The summed E-state index contributed by atoms with van der Waals surface area (Å²) in [6, 6.07) is 10.7. The minimum absolute atomic E-state index is 0.0235. The monoisotopic (exact) mass is 416 g/mol. The molecule has 0 unspecified atom stereocenters. The summed E-state index contributed by atoms with van der Waals surface area (Å²) in [5.74, 6) is 0.0895. The van der Waals surface area contributed by atoms with Gasteiger partial charge >= 0.3 is 5.97 Å². The van der Waals surface area contributed by atoms with Crippen molar-refractivity contribution in [3.05, 3.63) is 52.0 Å². The van der Waals surface area contributed by atoms with Gasteiger partial charge in [0.1, 0.15) is 11.6 Å². The number of esters is 1. The molecule has 2 saturated heterocycles. The standard InChI is InChI=1S/C21H18Cl2N2O3/c22-14-8-13(9-15(23)11-14)20-24-16-4-3-12(10-19(16)27-20)21(26)28-18-5-7-25-6-1-2-17(18)25/h3-4,8-11,17-18H,1-2,5-7H2/t17-,18+/m1/s1. The summed E-state index contributed by atoms with van der Waals surface area (Å²) >= 11 is 12.1. The van der Waals surface area contributed by atoms with Gasteiger partial charge in [-0.2, -0.15) is 0 Å². The fraction of sp³-hybridized carbons (Fsp3) is 0.333. The smallest absolute Gasteiger partial charge is 0.338 e. The topological polar surface area (TPSA) is 55.6 Å². The second kappa shape index (κ2) is 7.07. The first-order chi connectivity index (χ1) is 13.6. The molecule has 0 amide bonds. The van der Waals surface area contributed by atoms with Crippen molar-refractivity contribution in [2.45, 2.75) is 31.4 Å². The fourth-order valence-corrected chi connectivity index (χ4v) is 4.76. The van der Waals surface area contributed by atoms with Crippen molar-refractivity contribution < 1.29 is 13.9 Å². The van der Waals surface area contributed by atoms with Gasteiger partial charge < -0.3 is 9.15 Å². The summed E-state index contributed by atoms with van der Waals surface area (Å²) < 4.78 is 11.7. The molecule has 28 heavy (non-hydrogen) atoms. The number of carbonyl (C=O) groups excluding carboxylic acids is 1. The molecule has 2 aliphatic heterocycles. The summed E-state index contributed by atoms with van der Waals surface area (Å²) in [5, 5.41) is 1.01. The molecule has 2 aromatic carbocycles. The van der Waals surface area contributed by atoms with Crippen molar-refractivity contribution >= 4 is 40.3 Å². The van der Waals surface area contributed by atoms with Crippen LogP contribution in [0.2, 0.25) is 10.0 Å². The number of rotatable bonds is 3. The van der Waals surface area contributed by atoms with Gasteiger partial charge in [0.2, 0.25) is 5.89 Å². The summed E-state index contributed by atoms with van der Waals surface area (Å²) in [7, 11) is 0. The van der Waals surface area contributed by atoms with Crippen LogP contribution in [0.1, 0.15) is 29.6 Å². The first-order valence-corrected chi connectivity index (χ1v) is 10.1. The van der Waals surface area contributed by atoms with E-state index in [-0.39, 0.29) is 12.1 Å². The Balaban J connectivity index is 1.39. The van der Waals surface area contributed by atoms with Crippen LogP contribution in [0.5, 0.6) is 0 Å². The number of aromatic nitrogens is 1. The highest BCUT2D eigenvalue weighted by molar-refractivity contribution is 6.35. The van der Waals surface area contributed by atoms with Crippen LogP contribution < -0.4 is 0 Å². The van der Waals surface area contributed by atoms with E-state index in [1.165, 1.54) is 6.42 Å². The van der Waals surface area contributed by atoms with Gasteiger partial charge in [-0.05, 0) is 62.2 Å². The van der Waals surface area contributed by atoms with Crippen molar-refractivity contribution in [1.82, 2.24) is 9.88 Å². The second-order valence-corrected chi connectivity index (χ2v) is 8.21. The molecule has 0 bridgehead atoms. The van der Waals surface area contributed by atoms with Gasteiger partial charge in [-0.3, -0.25) is 4.90 Å². The van der Waals surface area contributed by atoms with Crippen molar-refractivity contribution in [2.24, 2.45) is 0 Å². The molecule has 7 heteroatoms. The zero-order chi connectivity index (χ0) is 19.3. The SMILES string of the molecule is O=C(O[C@H]1CCN2CCC[C@H]12)c1ccc2nc(-c3cc(Cl)cc(Cl)c3)oc2c1. The first-order valence-electron chi connectivity index (χ1n) is 9.39. The summed E-state index contributed by atoms with van der Waals surface area (Å²) in [4.78, 5) is 19.5. The van der Waals surface area contributed by atoms with E-state index in [9.17, 15) is 4.79 Å². The average Bonchev–Trinajstić information content (AvgIpc) is 3.36. The molecular weight excluding hydrogens is 399 g/mol. The highest BCUT2D eigenvalue weighted by Gasteiger charge is 2.39. The van der Waals surface area contributed by atoms with Crippen LogP contribution in [-0.4, -0.2) is 41.1 Å². The van der Waals surface area contributed by atoms with Gasteiger partial charge in [0.25, 0.3) is 0 Å². The summed E-state index contributed by atoms with van der Waals surface area (Å²) in [5.41, 5.74) is 2.33. The Hall–Kier alpha value is -2.08. The number of benzene rings is 2. The van der Waals surface area contributed by atoms with E-state index in [0.29, 0.717) is 44.2 Å². The van der Waals surface area contributed by atoms with Crippen molar-refractivity contribution in [3.63, 3.8) is 0 Å². The average molecular weight is 417 g/mol. The predicted molar refractivity (Wildman–Crippen MR) is 108 cm³/mol. The van der Waals surface area contributed by atoms with Crippen LogP contribution in [0.4, 0.5) is 0 Å². The molecule has 0 aliphatic carbocycles. The number of hydrogen-bond acceptors (Lipinski definition) is 5.